The van der Waals surface area contributed by atoms with E-state index in [9.17, 15) is 0 Å². The number of guanidine groups is 1. The summed E-state index contributed by atoms with van der Waals surface area (Å²) in [6, 6.07) is 14.2. The molecular formula is C19H23N5O. The molecule has 3 aromatic rings. The summed E-state index contributed by atoms with van der Waals surface area (Å²) in [6.07, 6.45) is 6.22. The minimum absolute atomic E-state index is 0.116. The van der Waals surface area contributed by atoms with Gasteiger partial charge in [-0.15, -0.1) is 0 Å². The molecule has 0 amide bonds. The Morgan fingerprint density at radius 3 is 2.92 bits per heavy atom. The number of aromatic nitrogens is 2. The lowest BCUT2D eigenvalue weighted by molar-refractivity contribution is 0.506. The molecule has 2 heterocycles. The third-order valence-electron chi connectivity index (χ3n) is 3.96. The highest BCUT2D eigenvalue weighted by molar-refractivity contribution is 5.80. The van der Waals surface area contributed by atoms with Crippen LogP contribution in [0.1, 0.15) is 24.3 Å². The molecule has 6 nitrogen and oxygen atoms in total. The van der Waals surface area contributed by atoms with Gasteiger partial charge in [0.2, 0.25) is 0 Å². The topological polar surface area (TPSA) is 67.4 Å². The van der Waals surface area contributed by atoms with E-state index in [2.05, 4.69) is 39.8 Å². The van der Waals surface area contributed by atoms with Crippen molar-refractivity contribution in [3.05, 3.63) is 72.4 Å². The molecule has 25 heavy (non-hydrogen) atoms. The Hall–Kier alpha value is -3.02. The number of benzene rings is 1. The second kappa shape index (κ2) is 8.19. The van der Waals surface area contributed by atoms with Crippen LogP contribution >= 0.6 is 0 Å². The van der Waals surface area contributed by atoms with Crippen molar-refractivity contribution < 1.29 is 4.42 Å². The fourth-order valence-corrected chi connectivity index (χ4v) is 2.60. The van der Waals surface area contributed by atoms with Crippen molar-refractivity contribution in [2.45, 2.75) is 19.4 Å². The molecule has 6 heteroatoms. The second-order valence-electron chi connectivity index (χ2n) is 5.74. The van der Waals surface area contributed by atoms with Crippen molar-refractivity contribution in [2.24, 2.45) is 4.99 Å². The van der Waals surface area contributed by atoms with E-state index in [1.54, 1.807) is 19.5 Å². The fourth-order valence-electron chi connectivity index (χ4n) is 2.60. The van der Waals surface area contributed by atoms with Gasteiger partial charge in [0.1, 0.15) is 5.76 Å². The summed E-state index contributed by atoms with van der Waals surface area (Å²) in [7, 11) is 1.77. The normalized spacial score (nSPS) is 12.8. The van der Waals surface area contributed by atoms with Crippen molar-refractivity contribution in [1.82, 2.24) is 20.4 Å². The summed E-state index contributed by atoms with van der Waals surface area (Å²) in [5.41, 5.74) is 2.21. The van der Waals surface area contributed by atoms with Gasteiger partial charge in [0.25, 0.3) is 0 Å². The van der Waals surface area contributed by atoms with E-state index in [1.807, 2.05) is 41.2 Å². The van der Waals surface area contributed by atoms with Crippen molar-refractivity contribution in [3.8, 4) is 5.69 Å². The summed E-state index contributed by atoms with van der Waals surface area (Å²) in [5, 5.41) is 11.0. The molecule has 0 aliphatic carbocycles. The molecule has 3 rings (SSSR count). The van der Waals surface area contributed by atoms with Gasteiger partial charge in [0.05, 0.1) is 18.0 Å². The third kappa shape index (κ3) is 4.50. The Labute approximate surface area is 147 Å². The van der Waals surface area contributed by atoms with Gasteiger partial charge < -0.3 is 15.1 Å². The molecule has 1 aromatic carbocycles. The maximum atomic E-state index is 5.34. The summed E-state index contributed by atoms with van der Waals surface area (Å²) in [6.45, 7) is 2.87. The number of furan rings is 1. The van der Waals surface area contributed by atoms with Crippen molar-refractivity contribution in [2.75, 3.05) is 13.6 Å². The van der Waals surface area contributed by atoms with Gasteiger partial charge in [-0.25, -0.2) is 4.68 Å². The smallest absolute Gasteiger partial charge is 0.191 e. The van der Waals surface area contributed by atoms with Crippen LogP contribution in [0.25, 0.3) is 5.69 Å². The van der Waals surface area contributed by atoms with Crippen LogP contribution in [-0.2, 0) is 6.42 Å². The van der Waals surface area contributed by atoms with Gasteiger partial charge in [-0.2, -0.15) is 5.10 Å². The van der Waals surface area contributed by atoms with E-state index in [-0.39, 0.29) is 6.04 Å². The van der Waals surface area contributed by atoms with Gasteiger partial charge in [-0.3, -0.25) is 4.99 Å². The first-order valence-corrected chi connectivity index (χ1v) is 8.36. The first-order chi connectivity index (χ1) is 12.3. The minimum Gasteiger partial charge on any atom is -0.469 e. The first kappa shape index (κ1) is 16.8. The van der Waals surface area contributed by atoms with Gasteiger partial charge in [0.15, 0.2) is 5.96 Å². The standard InChI is InChI=1S/C19H23N5O/c1-15(16-6-3-7-17(14-16)24-12-5-10-22-24)23-19(20-2)21-11-9-18-8-4-13-25-18/h3-8,10,12-15H,9,11H2,1-2H3,(H2,20,21,23). The summed E-state index contributed by atoms with van der Waals surface area (Å²) < 4.78 is 7.19. The lowest BCUT2D eigenvalue weighted by Gasteiger charge is -2.19. The Morgan fingerprint density at radius 1 is 1.28 bits per heavy atom. The van der Waals surface area contributed by atoms with Crippen LogP contribution in [0.2, 0.25) is 0 Å². The van der Waals surface area contributed by atoms with Crippen LogP contribution in [0.4, 0.5) is 0 Å². The predicted molar refractivity (Wildman–Crippen MR) is 98.9 cm³/mol. The predicted octanol–water partition coefficient (Wildman–Crippen LogP) is 2.93. The molecule has 0 saturated heterocycles. The quantitative estimate of drug-likeness (QED) is 0.536. The van der Waals surface area contributed by atoms with Crippen molar-refractivity contribution in [3.63, 3.8) is 0 Å². The summed E-state index contributed by atoms with van der Waals surface area (Å²) in [4.78, 5) is 4.29. The summed E-state index contributed by atoms with van der Waals surface area (Å²) >= 11 is 0. The lowest BCUT2D eigenvalue weighted by atomic mass is 10.1. The van der Waals surface area contributed by atoms with Crippen molar-refractivity contribution in [1.29, 1.82) is 0 Å². The highest BCUT2D eigenvalue weighted by Gasteiger charge is 2.09. The van der Waals surface area contributed by atoms with Crippen molar-refractivity contribution >= 4 is 5.96 Å². The SMILES string of the molecule is CN=C(NCCc1ccco1)NC(C)c1cccc(-n2cccn2)c1. The Kier molecular flexibility index (Phi) is 5.51. The molecule has 0 bridgehead atoms. The molecule has 0 spiro atoms. The van der Waals surface area contributed by atoms with Gasteiger partial charge in [-0.1, -0.05) is 12.1 Å². The molecule has 1 atom stereocenters. The van der Waals surface area contributed by atoms with Gasteiger partial charge >= 0.3 is 0 Å². The number of nitrogens with zero attached hydrogens (tertiary/aromatic N) is 3. The van der Waals surface area contributed by atoms with Gasteiger partial charge in [0, 0.05) is 32.4 Å². The number of hydrogen-bond acceptors (Lipinski definition) is 3. The number of aliphatic imine (C=N–C) groups is 1. The molecule has 2 aromatic heterocycles. The van der Waals surface area contributed by atoms with E-state index >= 15 is 0 Å². The van der Waals surface area contributed by atoms with Crippen LogP contribution < -0.4 is 10.6 Å². The first-order valence-electron chi connectivity index (χ1n) is 8.36. The molecule has 0 aliphatic rings. The highest BCUT2D eigenvalue weighted by Crippen LogP contribution is 2.16. The number of nitrogens with one attached hydrogen (secondary N) is 2. The minimum atomic E-state index is 0.116. The zero-order valence-corrected chi connectivity index (χ0v) is 14.5. The van der Waals surface area contributed by atoms with E-state index in [0.29, 0.717) is 0 Å². The largest absolute Gasteiger partial charge is 0.469 e. The monoisotopic (exact) mass is 337 g/mol. The van der Waals surface area contributed by atoms with Crippen LogP contribution in [-0.4, -0.2) is 29.3 Å². The van der Waals surface area contributed by atoms with E-state index < -0.39 is 0 Å². The Balaban J connectivity index is 1.58. The van der Waals surface area contributed by atoms with Gasteiger partial charge in [-0.05, 0) is 42.8 Å². The molecular weight excluding hydrogens is 314 g/mol. The van der Waals surface area contributed by atoms with Crippen LogP contribution in [0, 0.1) is 0 Å². The second-order valence-corrected chi connectivity index (χ2v) is 5.74. The van der Waals surface area contributed by atoms with Crippen LogP contribution in [0.5, 0.6) is 0 Å². The maximum Gasteiger partial charge on any atom is 0.191 e. The molecule has 0 radical (unpaired) electrons. The van der Waals surface area contributed by atoms with Crippen LogP contribution in [0.15, 0.2) is 70.5 Å². The lowest BCUT2D eigenvalue weighted by Crippen LogP contribution is -2.39. The molecule has 1 unspecified atom stereocenters. The van der Waals surface area contributed by atoms with E-state index in [4.69, 9.17) is 4.42 Å². The third-order valence-corrected chi connectivity index (χ3v) is 3.96. The highest BCUT2D eigenvalue weighted by atomic mass is 16.3. The summed E-state index contributed by atoms with van der Waals surface area (Å²) in [5.74, 6) is 1.73. The zero-order valence-electron chi connectivity index (χ0n) is 14.5. The number of rotatable bonds is 6. The average molecular weight is 337 g/mol. The van der Waals surface area contributed by atoms with Crippen LogP contribution in [0.3, 0.4) is 0 Å². The Morgan fingerprint density at radius 2 is 2.20 bits per heavy atom. The fraction of sp³-hybridized carbons (Fsp3) is 0.263. The number of hydrogen-bond donors (Lipinski definition) is 2. The average Bonchev–Trinajstić information content (AvgIpc) is 3.34. The molecule has 2 N–H and O–H groups in total. The molecule has 130 valence electrons. The Bertz CT molecular complexity index is 793. The van der Waals surface area contributed by atoms with E-state index in [1.165, 1.54) is 5.56 Å². The van der Waals surface area contributed by atoms with E-state index in [0.717, 1.165) is 30.4 Å². The molecule has 0 saturated carbocycles. The molecule has 0 aliphatic heterocycles. The molecule has 0 fully saturated rings. The maximum absolute atomic E-state index is 5.34. The zero-order chi connectivity index (χ0) is 17.5.